The van der Waals surface area contributed by atoms with Crippen LogP contribution in [-0.2, 0) is 20.9 Å². The maximum absolute atomic E-state index is 12.9. The average molecular weight is 555 g/mol. The Balaban J connectivity index is 1.09. The van der Waals surface area contributed by atoms with E-state index in [0.717, 1.165) is 42.6 Å². The molecular formula is C31H34N6O4. The van der Waals surface area contributed by atoms with Crippen LogP contribution in [0.5, 0.6) is 0 Å². The van der Waals surface area contributed by atoms with E-state index >= 15 is 0 Å². The van der Waals surface area contributed by atoms with Crippen LogP contribution in [0.1, 0.15) is 54.9 Å². The summed E-state index contributed by atoms with van der Waals surface area (Å²) in [5.41, 5.74) is 4.20. The smallest absolute Gasteiger partial charge is 0.254 e. The van der Waals surface area contributed by atoms with Crippen molar-refractivity contribution in [1.29, 1.82) is 0 Å². The second kappa shape index (κ2) is 12.7. The molecule has 1 aromatic heterocycles. The lowest BCUT2D eigenvalue weighted by molar-refractivity contribution is -0.125. The summed E-state index contributed by atoms with van der Waals surface area (Å²) in [6.45, 7) is 3.90. The van der Waals surface area contributed by atoms with Gasteiger partial charge in [0.15, 0.2) is 0 Å². The van der Waals surface area contributed by atoms with Crippen molar-refractivity contribution < 1.29 is 19.2 Å². The van der Waals surface area contributed by atoms with Gasteiger partial charge in [-0.05, 0) is 61.4 Å². The summed E-state index contributed by atoms with van der Waals surface area (Å²) in [6.07, 6.45) is 6.89. The van der Waals surface area contributed by atoms with E-state index in [1.165, 1.54) is 0 Å². The minimum absolute atomic E-state index is 0.0393. The monoisotopic (exact) mass is 554 g/mol. The third kappa shape index (κ3) is 6.77. The number of carbonyl (C=O) groups is 4. The molecule has 1 saturated heterocycles. The molecule has 2 aliphatic rings. The van der Waals surface area contributed by atoms with Gasteiger partial charge in [0, 0.05) is 67.7 Å². The molecule has 0 bridgehead atoms. The fourth-order valence-corrected chi connectivity index (χ4v) is 5.49. The van der Waals surface area contributed by atoms with Gasteiger partial charge in [0.1, 0.15) is 0 Å². The number of fused-ring (bicyclic) bond motifs is 1. The number of piperidine rings is 1. The number of anilines is 2. The highest BCUT2D eigenvalue weighted by atomic mass is 16.2. The van der Waals surface area contributed by atoms with Crippen molar-refractivity contribution in [1.82, 2.24) is 20.2 Å². The van der Waals surface area contributed by atoms with Gasteiger partial charge in [-0.1, -0.05) is 30.3 Å². The number of benzene rings is 2. The number of carbonyl (C=O) groups excluding carboxylic acids is 4. The SMILES string of the molecule is CC(CCC(=O)NC=O)N1Cc2cc(NC(=O)CC3CCN(c4ncc(-c5ccccc5)cn4)CC3)ccc2C1=O. The van der Waals surface area contributed by atoms with Crippen molar-refractivity contribution in [2.24, 2.45) is 5.92 Å². The molecule has 1 atom stereocenters. The Labute approximate surface area is 239 Å². The van der Waals surface area contributed by atoms with E-state index in [9.17, 15) is 19.2 Å². The minimum atomic E-state index is -0.363. The molecule has 0 spiro atoms. The van der Waals surface area contributed by atoms with Gasteiger partial charge in [0.05, 0.1) is 0 Å². The van der Waals surface area contributed by atoms with Crippen molar-refractivity contribution >= 4 is 35.8 Å². The molecule has 2 aromatic carbocycles. The number of rotatable bonds is 10. The molecule has 10 nitrogen and oxygen atoms in total. The lowest BCUT2D eigenvalue weighted by Gasteiger charge is -2.31. The van der Waals surface area contributed by atoms with E-state index in [2.05, 4.69) is 25.5 Å². The van der Waals surface area contributed by atoms with Crippen molar-refractivity contribution in [3.8, 4) is 11.1 Å². The van der Waals surface area contributed by atoms with E-state index in [0.29, 0.717) is 43.0 Å². The molecule has 0 radical (unpaired) electrons. The number of hydrogen-bond donors (Lipinski definition) is 2. The molecule has 0 aliphatic carbocycles. The van der Waals surface area contributed by atoms with Crippen molar-refractivity contribution in [2.75, 3.05) is 23.3 Å². The fraction of sp³-hybridized carbons (Fsp3) is 0.355. The van der Waals surface area contributed by atoms with Crippen LogP contribution >= 0.6 is 0 Å². The van der Waals surface area contributed by atoms with E-state index in [1.807, 2.05) is 55.7 Å². The van der Waals surface area contributed by atoms with Crippen LogP contribution < -0.4 is 15.5 Å². The van der Waals surface area contributed by atoms with Crippen LogP contribution in [0.25, 0.3) is 11.1 Å². The Hall–Kier alpha value is -4.60. The van der Waals surface area contributed by atoms with Crippen LogP contribution in [-0.4, -0.2) is 58.1 Å². The molecule has 2 aliphatic heterocycles. The summed E-state index contributed by atoms with van der Waals surface area (Å²) in [7, 11) is 0. The van der Waals surface area contributed by atoms with Gasteiger partial charge in [-0.25, -0.2) is 9.97 Å². The van der Waals surface area contributed by atoms with Crippen LogP contribution in [0, 0.1) is 5.92 Å². The quantitative estimate of drug-likeness (QED) is 0.366. The second-order valence-corrected chi connectivity index (χ2v) is 10.7. The lowest BCUT2D eigenvalue weighted by atomic mass is 9.93. The molecule has 41 heavy (non-hydrogen) atoms. The Kier molecular flexibility index (Phi) is 8.67. The first kappa shape index (κ1) is 27.9. The highest BCUT2D eigenvalue weighted by Gasteiger charge is 2.31. The van der Waals surface area contributed by atoms with Crippen LogP contribution in [0.2, 0.25) is 0 Å². The zero-order valence-corrected chi connectivity index (χ0v) is 23.1. The molecule has 5 rings (SSSR count). The summed E-state index contributed by atoms with van der Waals surface area (Å²) < 4.78 is 0. The molecule has 10 heteroatoms. The highest BCUT2D eigenvalue weighted by molar-refractivity contribution is 6.00. The van der Waals surface area contributed by atoms with E-state index in [1.54, 1.807) is 17.0 Å². The molecule has 3 heterocycles. The van der Waals surface area contributed by atoms with Crippen molar-refractivity contribution in [3.05, 3.63) is 72.1 Å². The maximum Gasteiger partial charge on any atom is 0.254 e. The number of hydrogen-bond acceptors (Lipinski definition) is 7. The van der Waals surface area contributed by atoms with Gasteiger partial charge in [0.25, 0.3) is 5.91 Å². The number of nitrogens with zero attached hydrogens (tertiary/aromatic N) is 4. The third-order valence-corrected chi connectivity index (χ3v) is 7.88. The van der Waals surface area contributed by atoms with Crippen LogP contribution in [0.15, 0.2) is 60.9 Å². The normalized spacial score (nSPS) is 15.8. The largest absolute Gasteiger partial charge is 0.341 e. The highest BCUT2D eigenvalue weighted by Crippen LogP contribution is 2.29. The van der Waals surface area contributed by atoms with Crippen molar-refractivity contribution in [3.63, 3.8) is 0 Å². The zero-order valence-electron chi connectivity index (χ0n) is 23.1. The van der Waals surface area contributed by atoms with E-state index < -0.39 is 0 Å². The number of imide groups is 1. The predicted octanol–water partition coefficient (Wildman–Crippen LogP) is 3.79. The fourth-order valence-electron chi connectivity index (χ4n) is 5.49. The summed E-state index contributed by atoms with van der Waals surface area (Å²) in [4.78, 5) is 60.8. The lowest BCUT2D eigenvalue weighted by Crippen LogP contribution is -2.36. The predicted molar refractivity (Wildman–Crippen MR) is 155 cm³/mol. The molecule has 2 N–H and O–H groups in total. The Morgan fingerprint density at radius 1 is 1.02 bits per heavy atom. The Morgan fingerprint density at radius 2 is 1.76 bits per heavy atom. The van der Waals surface area contributed by atoms with E-state index in [-0.39, 0.29) is 36.1 Å². The van der Waals surface area contributed by atoms with Gasteiger partial charge in [-0.15, -0.1) is 0 Å². The summed E-state index contributed by atoms with van der Waals surface area (Å²) in [6, 6.07) is 15.3. The van der Waals surface area contributed by atoms with Gasteiger partial charge >= 0.3 is 0 Å². The number of amides is 4. The number of nitrogens with one attached hydrogen (secondary N) is 2. The first-order chi connectivity index (χ1) is 19.9. The van der Waals surface area contributed by atoms with Gasteiger partial charge in [-0.2, -0.15) is 0 Å². The Bertz CT molecular complexity index is 1400. The molecule has 1 unspecified atom stereocenters. The molecule has 1 fully saturated rings. The van der Waals surface area contributed by atoms with Crippen LogP contribution in [0.4, 0.5) is 11.6 Å². The summed E-state index contributed by atoms with van der Waals surface area (Å²) in [5, 5.41) is 5.12. The average Bonchev–Trinajstić information content (AvgIpc) is 3.32. The number of aromatic nitrogens is 2. The zero-order chi connectivity index (χ0) is 28.8. The molecular weight excluding hydrogens is 520 g/mol. The molecule has 3 aromatic rings. The maximum atomic E-state index is 12.9. The summed E-state index contributed by atoms with van der Waals surface area (Å²) >= 11 is 0. The standard InChI is InChI=1S/C31H34N6O4/c1-21(7-10-28(39)34-20-38)37-19-24-16-26(8-9-27(24)30(37)41)35-29(40)15-22-11-13-36(14-12-22)31-32-17-25(18-33-31)23-5-3-2-4-6-23/h2-6,8-9,16-18,20-22H,7,10-15,19H2,1H3,(H,35,40)(H,34,38,39). The summed E-state index contributed by atoms with van der Waals surface area (Å²) in [5.74, 6) is 0.498. The van der Waals surface area contributed by atoms with Gasteiger partial charge in [0.2, 0.25) is 24.2 Å². The van der Waals surface area contributed by atoms with Crippen molar-refractivity contribution in [2.45, 2.75) is 51.6 Å². The third-order valence-electron chi connectivity index (χ3n) is 7.88. The molecule has 4 amide bonds. The topological polar surface area (TPSA) is 125 Å². The Morgan fingerprint density at radius 3 is 2.46 bits per heavy atom. The minimum Gasteiger partial charge on any atom is -0.341 e. The van der Waals surface area contributed by atoms with Gasteiger partial charge < -0.3 is 15.1 Å². The molecule has 212 valence electrons. The molecule has 0 saturated carbocycles. The van der Waals surface area contributed by atoms with Gasteiger partial charge in [-0.3, -0.25) is 24.5 Å². The van der Waals surface area contributed by atoms with Crippen LogP contribution in [0.3, 0.4) is 0 Å². The van der Waals surface area contributed by atoms with E-state index in [4.69, 9.17) is 0 Å². The first-order valence-electron chi connectivity index (χ1n) is 14.0. The second-order valence-electron chi connectivity index (χ2n) is 10.7. The first-order valence-corrected chi connectivity index (χ1v) is 14.0.